The van der Waals surface area contributed by atoms with Crippen LogP contribution in [0.25, 0.3) is 0 Å². The Hall–Kier alpha value is -0.460. The van der Waals surface area contributed by atoms with Crippen LogP contribution in [0.5, 0.6) is 0 Å². The van der Waals surface area contributed by atoms with Crippen LogP contribution in [0.1, 0.15) is 39.0 Å². The molecule has 1 aliphatic rings. The standard InChI is InChI=1S/C13H25NO4S/c1-2-10-19(16,17)11-6-12(15)5-9-18-13-3-7-14-8-4-13/h13-14H,2-11H2,1H3. The van der Waals surface area contributed by atoms with E-state index in [1.165, 1.54) is 0 Å². The Bertz CT molecular complexity index is 361. The smallest absolute Gasteiger partial charge is 0.150 e. The fraction of sp³-hybridized carbons (Fsp3) is 0.923. The van der Waals surface area contributed by atoms with Gasteiger partial charge in [0.15, 0.2) is 9.84 Å². The lowest BCUT2D eigenvalue weighted by atomic mass is 10.1. The van der Waals surface area contributed by atoms with Crippen molar-refractivity contribution in [2.75, 3.05) is 31.2 Å². The first-order valence-electron chi connectivity index (χ1n) is 7.08. The maximum absolute atomic E-state index is 11.6. The molecule has 0 bridgehead atoms. The first-order chi connectivity index (χ1) is 9.03. The fourth-order valence-corrected chi connectivity index (χ4v) is 3.47. The van der Waals surface area contributed by atoms with Gasteiger partial charge in [-0.25, -0.2) is 8.42 Å². The summed E-state index contributed by atoms with van der Waals surface area (Å²) >= 11 is 0. The molecule has 0 aromatic rings. The molecule has 0 radical (unpaired) electrons. The van der Waals surface area contributed by atoms with E-state index in [-0.39, 0.29) is 29.8 Å². The van der Waals surface area contributed by atoms with Crippen LogP contribution in [0.15, 0.2) is 0 Å². The lowest BCUT2D eigenvalue weighted by Gasteiger charge is -2.22. The largest absolute Gasteiger partial charge is 0.378 e. The van der Waals surface area contributed by atoms with E-state index >= 15 is 0 Å². The highest BCUT2D eigenvalue weighted by Gasteiger charge is 2.15. The monoisotopic (exact) mass is 291 g/mol. The van der Waals surface area contributed by atoms with Crippen LogP contribution in [0.3, 0.4) is 0 Å². The van der Waals surface area contributed by atoms with Gasteiger partial charge in [0.25, 0.3) is 0 Å². The molecule has 0 aromatic heterocycles. The van der Waals surface area contributed by atoms with E-state index in [1.54, 1.807) is 0 Å². The minimum atomic E-state index is -3.04. The van der Waals surface area contributed by atoms with Crippen molar-refractivity contribution in [1.82, 2.24) is 5.32 Å². The Balaban J connectivity index is 2.10. The number of rotatable bonds is 9. The van der Waals surface area contributed by atoms with E-state index in [0.717, 1.165) is 25.9 Å². The number of nitrogens with one attached hydrogen (secondary N) is 1. The van der Waals surface area contributed by atoms with Crippen molar-refractivity contribution < 1.29 is 17.9 Å². The molecule has 1 fully saturated rings. The normalized spacial score (nSPS) is 17.5. The quantitative estimate of drug-likeness (QED) is 0.684. The Morgan fingerprint density at radius 1 is 1.21 bits per heavy atom. The van der Waals surface area contributed by atoms with Crippen LogP contribution in [-0.4, -0.2) is 51.5 Å². The molecule has 1 heterocycles. The second-order valence-corrected chi connectivity index (χ2v) is 7.31. The molecule has 0 aromatic carbocycles. The van der Waals surface area contributed by atoms with E-state index in [4.69, 9.17) is 4.74 Å². The third-order valence-corrected chi connectivity index (χ3v) is 5.08. The van der Waals surface area contributed by atoms with Gasteiger partial charge in [-0.15, -0.1) is 0 Å². The number of hydrogen-bond donors (Lipinski definition) is 1. The molecule has 0 saturated carbocycles. The van der Waals surface area contributed by atoms with Crippen LogP contribution < -0.4 is 5.32 Å². The summed E-state index contributed by atoms with van der Waals surface area (Å²) in [5.74, 6) is 0.132. The van der Waals surface area contributed by atoms with Crippen LogP contribution in [0, 0.1) is 0 Å². The van der Waals surface area contributed by atoms with Crippen molar-refractivity contribution >= 4 is 15.6 Å². The molecule has 112 valence electrons. The van der Waals surface area contributed by atoms with Gasteiger partial charge in [-0.1, -0.05) is 6.92 Å². The molecule has 1 rings (SSSR count). The number of hydrogen-bond acceptors (Lipinski definition) is 5. The third-order valence-electron chi connectivity index (χ3n) is 3.23. The van der Waals surface area contributed by atoms with Crippen molar-refractivity contribution in [3.63, 3.8) is 0 Å². The highest BCUT2D eigenvalue weighted by Crippen LogP contribution is 2.08. The van der Waals surface area contributed by atoms with Crippen LogP contribution >= 0.6 is 0 Å². The van der Waals surface area contributed by atoms with Gasteiger partial charge in [0.2, 0.25) is 0 Å². The summed E-state index contributed by atoms with van der Waals surface area (Å²) in [4.78, 5) is 11.6. The Labute approximate surface area is 116 Å². The molecular formula is C13H25NO4S. The van der Waals surface area contributed by atoms with E-state index in [2.05, 4.69) is 5.32 Å². The summed E-state index contributed by atoms with van der Waals surface area (Å²) in [6.45, 7) is 4.17. The number of sulfone groups is 1. The van der Waals surface area contributed by atoms with Gasteiger partial charge in [-0.3, -0.25) is 4.79 Å². The average molecular weight is 291 g/mol. The number of carbonyl (C=O) groups excluding carboxylic acids is 1. The van der Waals surface area contributed by atoms with Gasteiger partial charge >= 0.3 is 0 Å². The molecule has 5 nitrogen and oxygen atoms in total. The van der Waals surface area contributed by atoms with Gasteiger partial charge in [-0.05, 0) is 32.4 Å². The van der Waals surface area contributed by atoms with Crippen molar-refractivity contribution in [1.29, 1.82) is 0 Å². The third kappa shape index (κ3) is 7.64. The van der Waals surface area contributed by atoms with Crippen molar-refractivity contribution in [3.05, 3.63) is 0 Å². The summed E-state index contributed by atoms with van der Waals surface area (Å²) < 4.78 is 28.6. The number of ketones is 1. The first kappa shape index (κ1) is 16.6. The van der Waals surface area contributed by atoms with Crippen molar-refractivity contribution in [3.8, 4) is 0 Å². The van der Waals surface area contributed by atoms with E-state index in [9.17, 15) is 13.2 Å². The number of piperidine rings is 1. The molecule has 0 atom stereocenters. The topological polar surface area (TPSA) is 72.5 Å². The van der Waals surface area contributed by atoms with Gasteiger partial charge in [0.05, 0.1) is 18.5 Å². The Morgan fingerprint density at radius 3 is 2.53 bits per heavy atom. The SMILES string of the molecule is CCCS(=O)(=O)CCC(=O)CCOC1CCNCC1. The zero-order valence-electron chi connectivity index (χ0n) is 11.7. The molecule has 19 heavy (non-hydrogen) atoms. The summed E-state index contributed by atoms with van der Waals surface area (Å²) in [6.07, 6.45) is 3.27. The van der Waals surface area contributed by atoms with Gasteiger partial charge in [-0.2, -0.15) is 0 Å². The molecule has 1 aliphatic heterocycles. The molecule has 0 amide bonds. The number of carbonyl (C=O) groups is 1. The molecular weight excluding hydrogens is 266 g/mol. The molecule has 1 saturated heterocycles. The molecule has 6 heteroatoms. The van der Waals surface area contributed by atoms with Gasteiger partial charge in [0.1, 0.15) is 5.78 Å². The Morgan fingerprint density at radius 2 is 1.89 bits per heavy atom. The van der Waals surface area contributed by atoms with Crippen LogP contribution in [-0.2, 0) is 19.4 Å². The predicted molar refractivity (Wildman–Crippen MR) is 75.0 cm³/mol. The highest BCUT2D eigenvalue weighted by molar-refractivity contribution is 7.91. The molecule has 0 spiro atoms. The minimum Gasteiger partial charge on any atom is -0.378 e. The van der Waals surface area contributed by atoms with E-state index < -0.39 is 9.84 Å². The summed E-state index contributed by atoms with van der Waals surface area (Å²) in [5, 5.41) is 3.25. The fourth-order valence-electron chi connectivity index (χ4n) is 2.11. The van der Waals surface area contributed by atoms with Gasteiger partial charge < -0.3 is 10.1 Å². The lowest BCUT2D eigenvalue weighted by Crippen LogP contribution is -2.32. The molecule has 1 N–H and O–H groups in total. The number of ether oxygens (including phenoxy) is 1. The zero-order valence-corrected chi connectivity index (χ0v) is 12.5. The summed E-state index contributed by atoms with van der Waals surface area (Å²) in [5.41, 5.74) is 0. The summed E-state index contributed by atoms with van der Waals surface area (Å²) in [7, 11) is -3.04. The van der Waals surface area contributed by atoms with Crippen LogP contribution in [0.4, 0.5) is 0 Å². The average Bonchev–Trinajstić information content (AvgIpc) is 2.38. The van der Waals surface area contributed by atoms with Crippen molar-refractivity contribution in [2.45, 2.75) is 45.1 Å². The minimum absolute atomic E-state index is 0.0198. The van der Waals surface area contributed by atoms with Gasteiger partial charge in [0, 0.05) is 18.6 Å². The maximum Gasteiger partial charge on any atom is 0.150 e. The van der Waals surface area contributed by atoms with Crippen molar-refractivity contribution in [2.24, 2.45) is 0 Å². The second-order valence-electron chi connectivity index (χ2n) is 5.01. The zero-order chi connectivity index (χ0) is 14.1. The van der Waals surface area contributed by atoms with Crippen LogP contribution in [0.2, 0.25) is 0 Å². The summed E-state index contributed by atoms with van der Waals surface area (Å²) in [6, 6.07) is 0. The van der Waals surface area contributed by atoms with E-state index in [0.29, 0.717) is 19.4 Å². The molecule has 0 unspecified atom stereocenters. The first-order valence-corrected chi connectivity index (χ1v) is 8.90. The lowest BCUT2D eigenvalue weighted by molar-refractivity contribution is -0.120. The van der Waals surface area contributed by atoms with E-state index in [1.807, 2.05) is 6.92 Å². The molecule has 0 aliphatic carbocycles. The second kappa shape index (κ2) is 8.66. The maximum atomic E-state index is 11.6. The Kier molecular flexibility index (Phi) is 7.56. The number of Topliss-reactive ketones (excluding diaryl/α,β-unsaturated/α-hetero) is 1. The predicted octanol–water partition coefficient (Wildman–Crippen LogP) is 0.929. The highest BCUT2D eigenvalue weighted by atomic mass is 32.2.